The Bertz CT molecular complexity index is 2210. The second-order valence-corrected chi connectivity index (χ2v) is 22.4. The van der Waals surface area contributed by atoms with E-state index in [1.807, 2.05) is 18.2 Å². The number of halogens is 6. The molecule has 0 saturated heterocycles. The molecule has 0 aliphatic heterocycles. The lowest BCUT2D eigenvalue weighted by Gasteiger charge is -2.54. The Morgan fingerprint density at radius 2 is 0.924 bits per heavy atom. The highest BCUT2D eigenvalue weighted by Crippen LogP contribution is 2.59. The lowest BCUT2D eigenvalue weighted by molar-refractivity contribution is -0.193. The van der Waals surface area contributed by atoms with Gasteiger partial charge in [-0.25, -0.2) is 14.4 Å². The van der Waals surface area contributed by atoms with E-state index in [1.54, 1.807) is 0 Å². The Hall–Kier alpha value is -5.44. The van der Waals surface area contributed by atoms with Crippen molar-refractivity contribution in [2.45, 2.75) is 186 Å². The zero-order valence-corrected chi connectivity index (χ0v) is 46.7. The number of alkyl halides is 6. The molecule has 0 heterocycles. The molecule has 1 amide bonds. The molecule has 4 aliphatic carbocycles. The molecule has 15 nitrogen and oxygen atoms in total. The van der Waals surface area contributed by atoms with E-state index in [0.717, 1.165) is 116 Å². The van der Waals surface area contributed by atoms with Crippen molar-refractivity contribution in [1.29, 1.82) is 0 Å². The van der Waals surface area contributed by atoms with Gasteiger partial charge in [-0.3, -0.25) is 14.4 Å². The lowest BCUT2D eigenvalue weighted by atomic mass is 9.50. The number of aryl methyl sites for hydroxylation is 2. The van der Waals surface area contributed by atoms with Gasteiger partial charge in [-0.2, -0.15) is 26.3 Å². The highest BCUT2D eigenvalue weighted by molar-refractivity contribution is 5.78. The Kier molecular flexibility index (Phi) is 25.0. The topological polar surface area (TPSA) is 216 Å². The number of hydrogen-bond donors (Lipinski definition) is 5. The summed E-state index contributed by atoms with van der Waals surface area (Å²) in [5.74, 6) is -4.38. The molecular weight excluding hydrogens is 1040 g/mol. The average Bonchev–Trinajstić information content (AvgIpc) is 3.49. The van der Waals surface area contributed by atoms with E-state index in [4.69, 9.17) is 38.7 Å². The average molecular weight is 1130 g/mol. The van der Waals surface area contributed by atoms with Gasteiger partial charge in [0.25, 0.3) is 0 Å². The number of hydrogen-bond acceptors (Lipinski definition) is 12. The van der Waals surface area contributed by atoms with Crippen molar-refractivity contribution < 1.29 is 84.3 Å². The number of esters is 3. The third-order valence-corrected chi connectivity index (χ3v) is 16.9. The predicted octanol–water partition coefficient (Wildman–Crippen LogP) is 11.5. The summed E-state index contributed by atoms with van der Waals surface area (Å²) in [6.45, 7) is 12.9. The SMILES string of the molecule is COC(=O)[C@@]1(C)CCC[C@]2(C)c3cc(OC(=O)CCCNCCCCCCCCCCNCCCNC(=O)Oc4ccc5c(c4)[C@@]4(C)CCC[C@](C)(C(=O)OC)[C@@H]4CC5)ccc3CC[C@@H]12.O=C(O)C(F)(F)F.O=C(O)C(F)(F)F. The van der Waals surface area contributed by atoms with Gasteiger partial charge in [0.15, 0.2) is 0 Å². The van der Waals surface area contributed by atoms with Gasteiger partial charge in [-0.1, -0.05) is 77.3 Å². The van der Waals surface area contributed by atoms with Crippen LogP contribution in [-0.4, -0.2) is 105 Å². The smallest absolute Gasteiger partial charge is 0.475 e. The number of benzene rings is 2. The van der Waals surface area contributed by atoms with Gasteiger partial charge in [0.05, 0.1) is 25.0 Å². The molecule has 6 atom stereocenters. The van der Waals surface area contributed by atoms with Gasteiger partial charge in [-0.15, -0.1) is 0 Å². The van der Waals surface area contributed by atoms with E-state index < -0.39 is 41.2 Å². The summed E-state index contributed by atoms with van der Waals surface area (Å²) in [6.07, 6.45) is 10.6. The molecule has 444 valence electrons. The quantitative estimate of drug-likeness (QED) is 0.0303. The molecule has 6 rings (SSSR count). The summed E-state index contributed by atoms with van der Waals surface area (Å²) in [7, 11) is 2.99. The first-order chi connectivity index (χ1) is 37.2. The Balaban J connectivity index is 0.000000847. The monoisotopic (exact) mass is 1130 g/mol. The number of fused-ring (bicyclic) bond motifs is 6. The Labute approximate surface area is 460 Å². The molecule has 2 aromatic rings. The van der Waals surface area contributed by atoms with Crippen molar-refractivity contribution in [3.63, 3.8) is 0 Å². The van der Waals surface area contributed by atoms with Crippen molar-refractivity contribution in [1.82, 2.24) is 16.0 Å². The summed E-state index contributed by atoms with van der Waals surface area (Å²) in [6, 6.07) is 12.1. The number of methoxy groups -OCH3 is 2. The minimum absolute atomic E-state index is 0.106. The molecule has 0 unspecified atom stereocenters. The Morgan fingerprint density at radius 3 is 1.33 bits per heavy atom. The molecule has 0 spiro atoms. The van der Waals surface area contributed by atoms with Gasteiger partial charge in [0.2, 0.25) is 0 Å². The van der Waals surface area contributed by atoms with Crippen LogP contribution >= 0.6 is 0 Å². The predicted molar refractivity (Wildman–Crippen MR) is 283 cm³/mol. The highest BCUT2D eigenvalue weighted by Gasteiger charge is 2.57. The summed E-state index contributed by atoms with van der Waals surface area (Å²) in [5.41, 5.74) is 3.72. The fraction of sp³-hybridized carbons (Fsp3) is 0.690. The second-order valence-electron chi connectivity index (χ2n) is 22.4. The van der Waals surface area contributed by atoms with Crippen LogP contribution in [0, 0.1) is 22.7 Å². The van der Waals surface area contributed by atoms with Crippen LogP contribution in [0.15, 0.2) is 36.4 Å². The summed E-state index contributed by atoms with van der Waals surface area (Å²) in [4.78, 5) is 69.0. The first-order valence-corrected chi connectivity index (χ1v) is 27.8. The minimum Gasteiger partial charge on any atom is -0.475 e. The first kappa shape index (κ1) is 66.1. The van der Waals surface area contributed by atoms with E-state index in [-0.39, 0.29) is 40.6 Å². The number of carbonyl (C=O) groups is 6. The molecule has 21 heteroatoms. The first-order valence-electron chi connectivity index (χ1n) is 27.8. The number of amides is 1. The number of carboxylic acids is 2. The largest absolute Gasteiger partial charge is 0.490 e. The maximum absolute atomic E-state index is 12.9. The number of nitrogens with one attached hydrogen (secondary N) is 3. The molecule has 0 radical (unpaired) electrons. The van der Waals surface area contributed by atoms with E-state index in [1.165, 1.54) is 75.0 Å². The highest BCUT2D eigenvalue weighted by atomic mass is 19.4. The fourth-order valence-electron chi connectivity index (χ4n) is 12.9. The van der Waals surface area contributed by atoms with Crippen molar-refractivity contribution in [3.8, 4) is 11.5 Å². The van der Waals surface area contributed by atoms with Crippen LogP contribution in [-0.2, 0) is 57.1 Å². The summed E-state index contributed by atoms with van der Waals surface area (Å²) < 4.78 is 85.6. The number of carboxylic acid groups (broad SMARTS) is 2. The fourth-order valence-corrected chi connectivity index (χ4v) is 12.9. The van der Waals surface area contributed by atoms with E-state index in [9.17, 15) is 45.5 Å². The van der Waals surface area contributed by atoms with E-state index in [2.05, 4.69) is 61.8 Å². The molecule has 2 fully saturated rings. The van der Waals surface area contributed by atoms with Gasteiger partial charge in [0, 0.05) is 13.0 Å². The van der Waals surface area contributed by atoms with Crippen LogP contribution in [0.2, 0.25) is 0 Å². The molecular formula is C58H83F6N3O12. The van der Waals surface area contributed by atoms with Gasteiger partial charge >= 0.3 is 48.3 Å². The lowest BCUT2D eigenvalue weighted by Crippen LogP contribution is -2.52. The molecule has 0 aromatic heterocycles. The summed E-state index contributed by atoms with van der Waals surface area (Å²) in [5, 5.41) is 24.2. The number of unbranched alkanes of at least 4 members (excludes halogenated alkanes) is 7. The molecule has 5 N–H and O–H groups in total. The molecule has 2 aromatic carbocycles. The van der Waals surface area contributed by atoms with E-state index >= 15 is 0 Å². The number of ether oxygens (including phenoxy) is 4. The maximum Gasteiger partial charge on any atom is 0.490 e. The van der Waals surface area contributed by atoms with Crippen LogP contribution < -0.4 is 25.4 Å². The molecule has 0 bridgehead atoms. The normalized spacial score (nSPS) is 23.9. The van der Waals surface area contributed by atoms with Crippen LogP contribution in [0.25, 0.3) is 0 Å². The standard InChI is InChI=1S/C54H81N3O8.2C2HF3O2/c1-51-28-16-30-53(3,48(59)62-5)45(51)26-22-39-20-24-41(37-43(39)51)64-47(58)19-15-34-55-32-13-11-9-7-8-10-12-14-33-56-35-18-36-57-50(61)65-42-25-21-40-23-27-46-52(2,44(40)38-42)29-17-31-54(46,4)49(60)63-6;2*3-2(4,5)1(6)7/h20-21,24-25,37-38,45-46,55-56H,7-19,22-23,26-36H2,1-6H3,(H,57,61);2*(H,6,7)/t45-,46-,51-,52-,53+,54+;;/m1../s1. The van der Waals surface area contributed by atoms with Crippen molar-refractivity contribution in [2.75, 3.05) is 46.9 Å². The number of rotatable bonds is 23. The maximum atomic E-state index is 12.9. The van der Waals surface area contributed by atoms with Crippen LogP contribution in [0.4, 0.5) is 31.1 Å². The number of aliphatic carboxylic acids is 2. The van der Waals surface area contributed by atoms with Gasteiger partial charge < -0.3 is 45.1 Å². The third kappa shape index (κ3) is 18.3. The zero-order chi connectivity index (χ0) is 58.7. The third-order valence-electron chi connectivity index (χ3n) is 16.9. The van der Waals surface area contributed by atoms with Gasteiger partial charge in [0.1, 0.15) is 11.5 Å². The van der Waals surface area contributed by atoms with Crippen LogP contribution in [0.5, 0.6) is 11.5 Å². The van der Waals surface area contributed by atoms with Crippen LogP contribution in [0.1, 0.15) is 172 Å². The molecule has 2 saturated carbocycles. The molecule has 79 heavy (non-hydrogen) atoms. The second kappa shape index (κ2) is 29.9. The minimum atomic E-state index is -5.08. The zero-order valence-electron chi connectivity index (χ0n) is 46.7. The van der Waals surface area contributed by atoms with Gasteiger partial charge in [-0.05, 0) is 186 Å². The van der Waals surface area contributed by atoms with Crippen molar-refractivity contribution in [3.05, 3.63) is 58.7 Å². The molecule has 4 aliphatic rings. The number of carbonyl (C=O) groups excluding carboxylic acids is 4. The Morgan fingerprint density at radius 1 is 0.544 bits per heavy atom. The van der Waals surface area contributed by atoms with Crippen molar-refractivity contribution in [2.24, 2.45) is 22.7 Å². The van der Waals surface area contributed by atoms with Crippen molar-refractivity contribution >= 4 is 35.9 Å². The summed E-state index contributed by atoms with van der Waals surface area (Å²) >= 11 is 0. The van der Waals surface area contributed by atoms with E-state index in [0.29, 0.717) is 24.5 Å². The van der Waals surface area contributed by atoms with Crippen LogP contribution in [0.3, 0.4) is 0 Å².